The highest BCUT2D eigenvalue weighted by Gasteiger charge is 2.09. The molecule has 5 heteroatoms. The van der Waals surface area contributed by atoms with Gasteiger partial charge in [-0.15, -0.1) is 0 Å². The van der Waals surface area contributed by atoms with Crippen molar-refractivity contribution in [1.29, 1.82) is 0 Å². The second-order valence-corrected chi connectivity index (χ2v) is 5.39. The van der Waals surface area contributed by atoms with Gasteiger partial charge in [0.25, 0.3) is 5.91 Å². The lowest BCUT2D eigenvalue weighted by molar-refractivity contribution is -0.122. The standard InChI is InChI=1S/C16H25N3O2/c1-12(2)19(4)11-15(20)18-9-8-13-6-5-7-14(10-13)16(21)17-3/h5-7,10,12H,8-9,11H2,1-4H3,(H,17,21)(H,18,20). The first kappa shape index (κ1) is 17.2. The molecule has 0 spiro atoms. The predicted molar refractivity (Wildman–Crippen MR) is 84.3 cm³/mol. The summed E-state index contributed by atoms with van der Waals surface area (Å²) in [5.74, 6) is -0.0758. The molecule has 2 N–H and O–H groups in total. The molecule has 0 radical (unpaired) electrons. The summed E-state index contributed by atoms with van der Waals surface area (Å²) in [5, 5.41) is 5.50. The fraction of sp³-hybridized carbons (Fsp3) is 0.500. The van der Waals surface area contributed by atoms with Crippen LogP contribution in [0.5, 0.6) is 0 Å². The molecule has 0 aromatic heterocycles. The molecule has 116 valence electrons. The van der Waals surface area contributed by atoms with Gasteiger partial charge in [0.15, 0.2) is 0 Å². The summed E-state index contributed by atoms with van der Waals surface area (Å²) in [6.07, 6.45) is 0.710. The number of rotatable bonds is 7. The minimum absolute atomic E-state index is 0.0219. The van der Waals surface area contributed by atoms with E-state index < -0.39 is 0 Å². The van der Waals surface area contributed by atoms with Gasteiger partial charge in [-0.05, 0) is 45.0 Å². The van der Waals surface area contributed by atoms with Gasteiger partial charge in [-0.2, -0.15) is 0 Å². The summed E-state index contributed by atoms with van der Waals surface area (Å²) in [6, 6.07) is 7.79. The van der Waals surface area contributed by atoms with Crippen LogP contribution in [0.25, 0.3) is 0 Å². The number of hydrogen-bond acceptors (Lipinski definition) is 3. The summed E-state index contributed by atoms with van der Waals surface area (Å²) in [6.45, 7) is 5.08. The largest absolute Gasteiger partial charge is 0.355 e. The smallest absolute Gasteiger partial charge is 0.251 e. The van der Waals surface area contributed by atoms with E-state index in [9.17, 15) is 9.59 Å². The van der Waals surface area contributed by atoms with Gasteiger partial charge in [0.1, 0.15) is 0 Å². The molecule has 0 aliphatic rings. The van der Waals surface area contributed by atoms with Crippen LogP contribution in [-0.2, 0) is 11.2 Å². The lowest BCUT2D eigenvalue weighted by Gasteiger charge is -2.20. The molecule has 0 saturated heterocycles. The van der Waals surface area contributed by atoms with Crippen molar-refractivity contribution in [3.8, 4) is 0 Å². The highest BCUT2D eigenvalue weighted by atomic mass is 16.2. The van der Waals surface area contributed by atoms with Crippen LogP contribution in [0, 0.1) is 0 Å². The number of amides is 2. The van der Waals surface area contributed by atoms with E-state index in [1.165, 1.54) is 0 Å². The van der Waals surface area contributed by atoms with Gasteiger partial charge in [0.2, 0.25) is 5.91 Å². The first-order valence-corrected chi connectivity index (χ1v) is 7.22. The van der Waals surface area contributed by atoms with Crippen molar-refractivity contribution in [2.75, 3.05) is 27.2 Å². The Balaban J connectivity index is 2.42. The van der Waals surface area contributed by atoms with Crippen molar-refractivity contribution in [3.63, 3.8) is 0 Å². The van der Waals surface area contributed by atoms with E-state index in [1.54, 1.807) is 13.1 Å². The summed E-state index contributed by atoms with van der Waals surface area (Å²) in [7, 11) is 3.54. The van der Waals surface area contributed by atoms with Gasteiger partial charge in [-0.1, -0.05) is 12.1 Å². The first-order chi connectivity index (χ1) is 9.93. The molecular weight excluding hydrogens is 266 g/mol. The van der Waals surface area contributed by atoms with Gasteiger partial charge in [-0.25, -0.2) is 0 Å². The maximum absolute atomic E-state index is 11.8. The highest BCUT2D eigenvalue weighted by molar-refractivity contribution is 5.94. The quantitative estimate of drug-likeness (QED) is 0.789. The van der Waals surface area contributed by atoms with E-state index in [0.29, 0.717) is 31.1 Å². The monoisotopic (exact) mass is 291 g/mol. The topological polar surface area (TPSA) is 61.4 Å². The molecule has 1 rings (SSSR count). The number of likely N-dealkylation sites (N-methyl/N-ethyl adjacent to an activating group) is 1. The Morgan fingerprint density at radius 2 is 2.00 bits per heavy atom. The number of benzene rings is 1. The summed E-state index contributed by atoms with van der Waals surface area (Å²) < 4.78 is 0. The first-order valence-electron chi connectivity index (χ1n) is 7.22. The number of hydrogen-bond donors (Lipinski definition) is 2. The van der Waals surface area contributed by atoms with Gasteiger partial charge >= 0.3 is 0 Å². The number of nitrogens with zero attached hydrogens (tertiary/aromatic N) is 1. The third-order valence-corrected chi connectivity index (χ3v) is 3.43. The van der Waals surface area contributed by atoms with E-state index in [0.717, 1.165) is 5.56 Å². The van der Waals surface area contributed by atoms with Crippen LogP contribution in [0.1, 0.15) is 29.8 Å². The Kier molecular flexibility index (Phi) is 6.88. The molecule has 21 heavy (non-hydrogen) atoms. The third-order valence-electron chi connectivity index (χ3n) is 3.43. The van der Waals surface area contributed by atoms with E-state index >= 15 is 0 Å². The zero-order chi connectivity index (χ0) is 15.8. The Morgan fingerprint density at radius 1 is 1.29 bits per heavy atom. The minimum Gasteiger partial charge on any atom is -0.355 e. The van der Waals surface area contributed by atoms with Crippen molar-refractivity contribution >= 4 is 11.8 Å². The minimum atomic E-state index is -0.0977. The van der Waals surface area contributed by atoms with Crippen LogP contribution in [0.15, 0.2) is 24.3 Å². The molecule has 0 bridgehead atoms. The SMILES string of the molecule is CNC(=O)c1cccc(CCNC(=O)CN(C)C(C)C)c1. The van der Waals surface area contributed by atoms with Gasteiger partial charge < -0.3 is 10.6 Å². The van der Waals surface area contributed by atoms with Crippen LogP contribution in [-0.4, -0.2) is 49.9 Å². The normalized spacial score (nSPS) is 10.8. The van der Waals surface area contributed by atoms with Gasteiger partial charge in [-0.3, -0.25) is 14.5 Å². The highest BCUT2D eigenvalue weighted by Crippen LogP contribution is 2.05. The zero-order valence-corrected chi connectivity index (χ0v) is 13.3. The van der Waals surface area contributed by atoms with E-state index in [-0.39, 0.29) is 11.8 Å². The summed E-state index contributed by atoms with van der Waals surface area (Å²) >= 11 is 0. The van der Waals surface area contributed by atoms with Crippen LogP contribution in [0.4, 0.5) is 0 Å². The molecule has 0 fully saturated rings. The number of nitrogens with one attached hydrogen (secondary N) is 2. The molecule has 1 aromatic carbocycles. The Hall–Kier alpha value is -1.88. The van der Waals surface area contributed by atoms with Crippen LogP contribution >= 0.6 is 0 Å². The predicted octanol–water partition coefficient (Wildman–Crippen LogP) is 1.05. The lowest BCUT2D eigenvalue weighted by atomic mass is 10.1. The van der Waals surface area contributed by atoms with Crippen molar-refractivity contribution in [2.45, 2.75) is 26.3 Å². The maximum Gasteiger partial charge on any atom is 0.251 e. The molecule has 0 aliphatic heterocycles. The van der Waals surface area contributed by atoms with Crippen molar-refractivity contribution < 1.29 is 9.59 Å². The molecule has 0 heterocycles. The van der Waals surface area contributed by atoms with Crippen molar-refractivity contribution in [2.24, 2.45) is 0 Å². The molecule has 0 atom stereocenters. The Morgan fingerprint density at radius 3 is 2.62 bits per heavy atom. The van der Waals surface area contributed by atoms with Crippen molar-refractivity contribution in [1.82, 2.24) is 15.5 Å². The fourth-order valence-electron chi connectivity index (χ4n) is 1.82. The molecule has 1 aromatic rings. The van der Waals surface area contributed by atoms with E-state index in [4.69, 9.17) is 0 Å². The second kappa shape index (κ2) is 8.42. The van der Waals surface area contributed by atoms with Crippen molar-refractivity contribution in [3.05, 3.63) is 35.4 Å². The average Bonchev–Trinajstić information content (AvgIpc) is 2.46. The third kappa shape index (κ3) is 5.95. The summed E-state index contributed by atoms with van der Waals surface area (Å²) in [4.78, 5) is 25.3. The molecule has 0 aliphatic carbocycles. The van der Waals surface area contributed by atoms with Crippen LogP contribution in [0.3, 0.4) is 0 Å². The van der Waals surface area contributed by atoms with E-state index in [2.05, 4.69) is 24.5 Å². The number of carbonyl (C=O) groups excluding carboxylic acids is 2. The lowest BCUT2D eigenvalue weighted by Crippen LogP contribution is -2.39. The number of carbonyl (C=O) groups is 2. The molecule has 2 amide bonds. The van der Waals surface area contributed by atoms with Crippen LogP contribution < -0.4 is 10.6 Å². The van der Waals surface area contributed by atoms with Gasteiger partial charge in [0, 0.05) is 25.2 Å². The van der Waals surface area contributed by atoms with E-state index in [1.807, 2.05) is 30.1 Å². The van der Waals surface area contributed by atoms with Crippen LogP contribution in [0.2, 0.25) is 0 Å². The summed E-state index contributed by atoms with van der Waals surface area (Å²) in [5.41, 5.74) is 1.68. The molecule has 0 saturated carbocycles. The van der Waals surface area contributed by atoms with Gasteiger partial charge in [0.05, 0.1) is 6.54 Å². The Bertz CT molecular complexity index is 486. The molecule has 0 unspecified atom stereocenters. The second-order valence-electron chi connectivity index (χ2n) is 5.39. The average molecular weight is 291 g/mol. The fourth-order valence-corrected chi connectivity index (χ4v) is 1.82. The zero-order valence-electron chi connectivity index (χ0n) is 13.3. The maximum atomic E-state index is 11.8. The Labute approximate surface area is 126 Å². The molecule has 5 nitrogen and oxygen atoms in total. The molecular formula is C16H25N3O2.